The van der Waals surface area contributed by atoms with Gasteiger partial charge in [0.2, 0.25) is 5.96 Å². The molecule has 5 amide bonds. The molecule has 0 fully saturated rings. The zero-order chi connectivity index (χ0) is 34.4. The van der Waals surface area contributed by atoms with Crippen molar-refractivity contribution in [3.8, 4) is 0 Å². The maximum atomic E-state index is 12.2. The summed E-state index contributed by atoms with van der Waals surface area (Å²) in [5.41, 5.74) is 0.416. The Labute approximate surface area is 270 Å². The number of rotatable bonds is 18. The quantitative estimate of drug-likeness (QED) is 0.0538. The van der Waals surface area contributed by atoms with E-state index in [9.17, 15) is 24.0 Å². The van der Waals surface area contributed by atoms with Gasteiger partial charge in [-0.2, -0.15) is 0 Å². The van der Waals surface area contributed by atoms with E-state index < -0.39 is 35.7 Å². The van der Waals surface area contributed by atoms with Crippen LogP contribution in [0.4, 0.5) is 14.4 Å². The van der Waals surface area contributed by atoms with Crippen molar-refractivity contribution in [3.05, 3.63) is 35.9 Å². The molecule has 15 heteroatoms. The number of aliphatic imine (C=N–C) groups is 1. The van der Waals surface area contributed by atoms with E-state index in [1.54, 1.807) is 20.8 Å². The molecule has 258 valence electrons. The molecule has 0 aliphatic carbocycles. The minimum absolute atomic E-state index is 0.168. The summed E-state index contributed by atoms with van der Waals surface area (Å²) >= 11 is 0. The SMILES string of the molecule is CC(CCN(CCCCNC(=O)C(=O)NCCCCCCN=C(NC(=O)O)NC(=O)OC(C)(C)C)Cc1ccccc1)NC(=O)O. The Morgan fingerprint density at radius 2 is 1.43 bits per heavy atom. The van der Waals surface area contributed by atoms with E-state index in [-0.39, 0.29) is 18.5 Å². The summed E-state index contributed by atoms with van der Waals surface area (Å²) in [5, 5.41) is 29.9. The molecule has 1 aromatic rings. The van der Waals surface area contributed by atoms with E-state index in [0.717, 1.165) is 37.9 Å². The number of guanidine groups is 1. The first-order chi connectivity index (χ1) is 21.7. The molecule has 0 bridgehead atoms. The van der Waals surface area contributed by atoms with Gasteiger partial charge in [0, 0.05) is 38.8 Å². The normalized spacial score (nSPS) is 12.2. The number of benzene rings is 1. The Morgan fingerprint density at radius 3 is 2.02 bits per heavy atom. The third-order valence-corrected chi connectivity index (χ3v) is 6.38. The number of hydrogen-bond acceptors (Lipinski definition) is 8. The molecule has 1 rings (SSSR count). The van der Waals surface area contributed by atoms with Crippen LogP contribution in [0.2, 0.25) is 0 Å². The van der Waals surface area contributed by atoms with E-state index in [4.69, 9.17) is 14.9 Å². The van der Waals surface area contributed by atoms with Crippen LogP contribution in [0.1, 0.15) is 78.2 Å². The second kappa shape index (κ2) is 22.2. The maximum absolute atomic E-state index is 12.2. The monoisotopic (exact) mass is 649 g/mol. The predicted octanol–water partition coefficient (Wildman–Crippen LogP) is 3.26. The first-order valence-electron chi connectivity index (χ1n) is 15.6. The van der Waals surface area contributed by atoms with Crippen LogP contribution in [0, 0.1) is 0 Å². The molecule has 0 spiro atoms. The highest BCUT2D eigenvalue weighted by atomic mass is 16.6. The van der Waals surface area contributed by atoms with Gasteiger partial charge < -0.3 is 30.9 Å². The zero-order valence-electron chi connectivity index (χ0n) is 27.4. The number of unbranched alkanes of at least 4 members (excludes halogenated alkanes) is 4. The molecule has 1 atom stereocenters. The minimum Gasteiger partial charge on any atom is -0.465 e. The molecule has 0 saturated carbocycles. The molecule has 0 aliphatic rings. The van der Waals surface area contributed by atoms with Gasteiger partial charge >= 0.3 is 30.1 Å². The average molecular weight is 650 g/mol. The Bertz CT molecular complexity index is 1130. The number of carbonyl (C=O) groups excluding carboxylic acids is 3. The van der Waals surface area contributed by atoms with E-state index >= 15 is 0 Å². The Balaban J connectivity index is 2.27. The van der Waals surface area contributed by atoms with Crippen LogP contribution >= 0.6 is 0 Å². The molecule has 1 aromatic carbocycles. The number of hydrogen-bond donors (Lipinski definition) is 7. The zero-order valence-corrected chi connectivity index (χ0v) is 27.4. The van der Waals surface area contributed by atoms with E-state index in [1.165, 1.54) is 0 Å². The van der Waals surface area contributed by atoms with Crippen LogP contribution in [-0.4, -0.2) is 95.5 Å². The summed E-state index contributed by atoms with van der Waals surface area (Å²) in [6, 6.07) is 9.84. The van der Waals surface area contributed by atoms with Gasteiger partial charge in [0.1, 0.15) is 5.60 Å². The number of alkyl carbamates (subject to hydrolysis) is 1. The van der Waals surface area contributed by atoms with Crippen molar-refractivity contribution in [1.29, 1.82) is 0 Å². The van der Waals surface area contributed by atoms with Gasteiger partial charge in [-0.1, -0.05) is 43.2 Å². The van der Waals surface area contributed by atoms with Gasteiger partial charge in [-0.25, -0.2) is 14.4 Å². The summed E-state index contributed by atoms with van der Waals surface area (Å²) in [6.45, 7) is 10.1. The van der Waals surface area contributed by atoms with Crippen LogP contribution in [0.25, 0.3) is 0 Å². The molecule has 0 aromatic heterocycles. The number of carboxylic acid groups (broad SMARTS) is 2. The molecule has 0 aliphatic heterocycles. The van der Waals surface area contributed by atoms with Crippen LogP contribution in [0.3, 0.4) is 0 Å². The molecular weight excluding hydrogens is 598 g/mol. The highest BCUT2D eigenvalue weighted by molar-refractivity contribution is 6.35. The van der Waals surface area contributed by atoms with Crippen molar-refractivity contribution < 1.29 is 38.9 Å². The summed E-state index contributed by atoms with van der Waals surface area (Å²) in [7, 11) is 0. The van der Waals surface area contributed by atoms with Gasteiger partial charge in [-0.05, 0) is 71.9 Å². The lowest BCUT2D eigenvalue weighted by Gasteiger charge is -2.24. The topological polar surface area (TPSA) is 211 Å². The number of ether oxygens (including phenoxy) is 1. The van der Waals surface area contributed by atoms with Crippen molar-refractivity contribution in [2.24, 2.45) is 4.99 Å². The van der Waals surface area contributed by atoms with Gasteiger partial charge in [0.25, 0.3) is 0 Å². The fourth-order valence-corrected chi connectivity index (χ4v) is 4.19. The molecule has 1 unspecified atom stereocenters. The summed E-state index contributed by atoms with van der Waals surface area (Å²) in [6.07, 6.45) is 1.70. The highest BCUT2D eigenvalue weighted by Gasteiger charge is 2.18. The van der Waals surface area contributed by atoms with Crippen molar-refractivity contribution in [2.45, 2.75) is 90.8 Å². The van der Waals surface area contributed by atoms with E-state index in [0.29, 0.717) is 45.3 Å². The second-order valence-corrected chi connectivity index (χ2v) is 11.8. The average Bonchev–Trinajstić information content (AvgIpc) is 2.95. The predicted molar refractivity (Wildman–Crippen MR) is 174 cm³/mol. The van der Waals surface area contributed by atoms with Crippen LogP contribution in [0.15, 0.2) is 35.3 Å². The lowest BCUT2D eigenvalue weighted by atomic mass is 10.1. The third-order valence-electron chi connectivity index (χ3n) is 6.38. The molecular formula is C31H51N7O8. The Morgan fingerprint density at radius 1 is 0.826 bits per heavy atom. The van der Waals surface area contributed by atoms with Crippen LogP contribution < -0.4 is 26.6 Å². The van der Waals surface area contributed by atoms with Crippen LogP contribution in [-0.2, 0) is 20.9 Å². The van der Waals surface area contributed by atoms with E-state index in [1.807, 2.05) is 42.6 Å². The lowest BCUT2D eigenvalue weighted by Crippen LogP contribution is -2.45. The Kier molecular flexibility index (Phi) is 19.1. The summed E-state index contributed by atoms with van der Waals surface area (Å²) < 4.78 is 5.10. The maximum Gasteiger partial charge on any atom is 0.414 e. The fraction of sp³-hybridized carbons (Fsp3) is 0.613. The smallest absolute Gasteiger partial charge is 0.414 e. The van der Waals surface area contributed by atoms with Crippen molar-refractivity contribution in [3.63, 3.8) is 0 Å². The number of amides is 5. The molecule has 15 nitrogen and oxygen atoms in total. The second-order valence-electron chi connectivity index (χ2n) is 11.8. The van der Waals surface area contributed by atoms with Crippen molar-refractivity contribution in [1.82, 2.24) is 31.5 Å². The van der Waals surface area contributed by atoms with Gasteiger partial charge in [0.05, 0.1) is 0 Å². The molecule has 0 radical (unpaired) electrons. The summed E-state index contributed by atoms with van der Waals surface area (Å²) in [4.78, 5) is 64.3. The third kappa shape index (κ3) is 21.3. The molecule has 0 saturated heterocycles. The molecule has 46 heavy (non-hydrogen) atoms. The standard InChI is InChI=1S/C31H51N7O8/c1-23(35-28(41)42)16-21-38(22-24-14-8-7-9-15-24)20-13-12-18-33-26(40)25(39)32-17-10-5-6-11-19-34-27(36-29(43)44)37-30(45)46-31(2,3)4/h7-9,14-15,23,35H,5-6,10-13,16-22H2,1-4H3,(H,32,39)(H,33,40)(H,41,42)(H,43,44)(H2,34,36,37,45). The van der Waals surface area contributed by atoms with Gasteiger partial charge in [0.15, 0.2) is 0 Å². The van der Waals surface area contributed by atoms with E-state index in [2.05, 4.69) is 31.2 Å². The molecule has 0 heterocycles. The number of carbonyl (C=O) groups is 5. The van der Waals surface area contributed by atoms with Gasteiger partial charge in [-0.3, -0.25) is 30.1 Å². The number of nitrogens with zero attached hydrogens (tertiary/aromatic N) is 2. The first kappa shape index (κ1) is 39.6. The van der Waals surface area contributed by atoms with Crippen LogP contribution in [0.5, 0.6) is 0 Å². The fourth-order valence-electron chi connectivity index (χ4n) is 4.19. The first-order valence-corrected chi connectivity index (χ1v) is 15.6. The minimum atomic E-state index is -1.37. The molecule has 7 N–H and O–H groups in total. The largest absolute Gasteiger partial charge is 0.465 e. The lowest BCUT2D eigenvalue weighted by molar-refractivity contribution is -0.139. The summed E-state index contributed by atoms with van der Waals surface area (Å²) in [5.74, 6) is -1.59. The Hall–Kier alpha value is -4.40. The van der Waals surface area contributed by atoms with Crippen molar-refractivity contribution in [2.75, 3.05) is 32.7 Å². The van der Waals surface area contributed by atoms with Gasteiger partial charge in [-0.15, -0.1) is 0 Å². The van der Waals surface area contributed by atoms with Crippen molar-refractivity contribution >= 4 is 36.1 Å². The number of nitrogens with one attached hydrogen (secondary N) is 5. The highest BCUT2D eigenvalue weighted by Crippen LogP contribution is 2.08.